The summed E-state index contributed by atoms with van der Waals surface area (Å²) in [7, 11) is 0. The van der Waals surface area contributed by atoms with Crippen LogP contribution in [-0.4, -0.2) is 31.1 Å². The van der Waals surface area contributed by atoms with E-state index in [1.165, 1.54) is 18.5 Å². The molecule has 0 amide bonds. The maximum absolute atomic E-state index is 5.93. The molecule has 1 N–H and O–H groups in total. The van der Waals surface area contributed by atoms with Crippen molar-refractivity contribution in [2.75, 3.05) is 26.2 Å². The normalized spacial score (nSPS) is 17.3. The Bertz CT molecular complexity index is 352. The summed E-state index contributed by atoms with van der Waals surface area (Å²) in [5.74, 6) is 0. The van der Waals surface area contributed by atoms with Crippen LogP contribution in [0.5, 0.6) is 0 Å². The number of benzene rings is 1. The molecule has 17 heavy (non-hydrogen) atoms. The first kappa shape index (κ1) is 15.3. The van der Waals surface area contributed by atoms with Gasteiger partial charge in [-0.2, -0.15) is 0 Å². The number of nitrogens with zero attached hydrogens (tertiary/aromatic N) is 1. The summed E-state index contributed by atoms with van der Waals surface area (Å²) in [4.78, 5) is 2.48. The van der Waals surface area contributed by atoms with E-state index in [1.54, 1.807) is 0 Å². The molecule has 1 aromatic carbocycles. The van der Waals surface area contributed by atoms with Gasteiger partial charge in [0.2, 0.25) is 0 Å². The van der Waals surface area contributed by atoms with Crippen LogP contribution in [-0.2, 0) is 6.54 Å². The Hall–Kier alpha value is 0.200. The summed E-state index contributed by atoms with van der Waals surface area (Å²) in [5, 5.41) is 4.20. The minimum Gasteiger partial charge on any atom is -0.315 e. The summed E-state index contributed by atoms with van der Waals surface area (Å²) in [6.07, 6.45) is 1.23. The molecule has 2 nitrogen and oxygen atoms in total. The molecular weight excluding hydrogens is 323 g/mol. The molecular formula is C12H17BrCl2N2. The van der Waals surface area contributed by atoms with Crippen molar-refractivity contribution in [3.63, 3.8) is 0 Å². The summed E-state index contributed by atoms with van der Waals surface area (Å²) >= 11 is 9.50. The summed E-state index contributed by atoms with van der Waals surface area (Å²) in [6.45, 7) is 5.51. The Labute approximate surface area is 122 Å². The standard InChI is InChI=1S/C12H16BrClN2.ClH/c13-12-8-11(14)3-2-10(12)9-16-6-1-4-15-5-7-16;/h2-3,8,15H,1,4-7,9H2;1H. The lowest BCUT2D eigenvalue weighted by molar-refractivity contribution is 0.284. The molecule has 1 aromatic rings. The number of nitrogens with one attached hydrogen (secondary N) is 1. The minimum absolute atomic E-state index is 0. The molecule has 0 aromatic heterocycles. The third-order valence-corrected chi connectivity index (χ3v) is 3.82. The maximum atomic E-state index is 5.93. The van der Waals surface area contributed by atoms with E-state index in [2.05, 4.69) is 32.2 Å². The zero-order chi connectivity index (χ0) is 11.4. The SMILES string of the molecule is Cl.Clc1ccc(CN2CCCNCC2)c(Br)c1. The third kappa shape index (κ3) is 4.76. The zero-order valence-corrected chi connectivity index (χ0v) is 12.7. The van der Waals surface area contributed by atoms with E-state index < -0.39 is 0 Å². The molecule has 0 atom stereocenters. The van der Waals surface area contributed by atoms with E-state index in [1.807, 2.05) is 12.1 Å². The van der Waals surface area contributed by atoms with Crippen LogP contribution in [0, 0.1) is 0 Å². The van der Waals surface area contributed by atoms with Crippen LogP contribution in [0.3, 0.4) is 0 Å². The fourth-order valence-electron chi connectivity index (χ4n) is 1.95. The van der Waals surface area contributed by atoms with Gasteiger partial charge < -0.3 is 5.32 Å². The van der Waals surface area contributed by atoms with Crippen molar-refractivity contribution in [2.45, 2.75) is 13.0 Å². The molecule has 2 rings (SSSR count). The summed E-state index contributed by atoms with van der Waals surface area (Å²) in [6, 6.07) is 6.02. The second kappa shape index (κ2) is 7.59. The van der Waals surface area contributed by atoms with Crippen LogP contribution in [0.1, 0.15) is 12.0 Å². The molecule has 0 saturated carbocycles. The molecule has 0 unspecified atom stereocenters. The second-order valence-corrected chi connectivity index (χ2v) is 5.41. The fourth-order valence-corrected chi connectivity index (χ4v) is 2.76. The van der Waals surface area contributed by atoms with Gasteiger partial charge in [-0.15, -0.1) is 12.4 Å². The predicted molar refractivity (Wildman–Crippen MR) is 79.2 cm³/mol. The average Bonchev–Trinajstić information content (AvgIpc) is 2.51. The number of rotatable bonds is 2. The Morgan fingerprint density at radius 3 is 2.88 bits per heavy atom. The van der Waals surface area contributed by atoms with E-state index in [9.17, 15) is 0 Å². The van der Waals surface area contributed by atoms with Gasteiger partial charge in [0.05, 0.1) is 0 Å². The van der Waals surface area contributed by atoms with Gasteiger partial charge in [0.15, 0.2) is 0 Å². The maximum Gasteiger partial charge on any atom is 0.0417 e. The van der Waals surface area contributed by atoms with Gasteiger partial charge in [-0.25, -0.2) is 0 Å². The highest BCUT2D eigenvalue weighted by atomic mass is 79.9. The molecule has 96 valence electrons. The van der Waals surface area contributed by atoms with Crippen LogP contribution in [0.4, 0.5) is 0 Å². The molecule has 1 aliphatic rings. The molecule has 1 fully saturated rings. The predicted octanol–water partition coefficient (Wildman–Crippen LogP) is 3.32. The average molecular weight is 340 g/mol. The summed E-state index contributed by atoms with van der Waals surface area (Å²) < 4.78 is 1.11. The Morgan fingerprint density at radius 2 is 2.12 bits per heavy atom. The van der Waals surface area contributed by atoms with Crippen molar-refractivity contribution >= 4 is 39.9 Å². The first-order valence-electron chi connectivity index (χ1n) is 5.63. The van der Waals surface area contributed by atoms with E-state index >= 15 is 0 Å². The second-order valence-electron chi connectivity index (χ2n) is 4.12. The first-order valence-corrected chi connectivity index (χ1v) is 6.80. The lowest BCUT2D eigenvalue weighted by Crippen LogP contribution is -2.27. The van der Waals surface area contributed by atoms with Crippen molar-refractivity contribution in [3.8, 4) is 0 Å². The number of hydrogen-bond acceptors (Lipinski definition) is 2. The van der Waals surface area contributed by atoms with E-state index in [0.717, 1.165) is 35.7 Å². The zero-order valence-electron chi connectivity index (χ0n) is 9.59. The van der Waals surface area contributed by atoms with Crippen LogP contribution in [0.15, 0.2) is 22.7 Å². The lowest BCUT2D eigenvalue weighted by Gasteiger charge is -2.20. The lowest BCUT2D eigenvalue weighted by atomic mass is 10.2. The van der Waals surface area contributed by atoms with Crippen molar-refractivity contribution < 1.29 is 0 Å². The van der Waals surface area contributed by atoms with Gasteiger partial charge in [0, 0.05) is 29.1 Å². The Kier molecular flexibility index (Phi) is 6.82. The number of hydrogen-bond donors (Lipinski definition) is 1. The first-order chi connectivity index (χ1) is 7.75. The van der Waals surface area contributed by atoms with Crippen molar-refractivity contribution in [3.05, 3.63) is 33.3 Å². The van der Waals surface area contributed by atoms with Gasteiger partial charge in [0.25, 0.3) is 0 Å². The molecule has 1 heterocycles. The molecule has 0 radical (unpaired) electrons. The van der Waals surface area contributed by atoms with Crippen molar-refractivity contribution in [1.29, 1.82) is 0 Å². The van der Waals surface area contributed by atoms with E-state index in [4.69, 9.17) is 11.6 Å². The fraction of sp³-hybridized carbons (Fsp3) is 0.500. The minimum atomic E-state index is 0. The molecule has 0 spiro atoms. The monoisotopic (exact) mass is 338 g/mol. The van der Waals surface area contributed by atoms with Gasteiger partial charge in [-0.1, -0.05) is 33.6 Å². The molecule has 0 bridgehead atoms. The largest absolute Gasteiger partial charge is 0.315 e. The van der Waals surface area contributed by atoms with Crippen molar-refractivity contribution in [1.82, 2.24) is 10.2 Å². The highest BCUT2D eigenvalue weighted by Gasteiger charge is 2.10. The van der Waals surface area contributed by atoms with E-state index in [0.29, 0.717) is 0 Å². The quantitative estimate of drug-likeness (QED) is 0.889. The van der Waals surface area contributed by atoms with Crippen LogP contribution < -0.4 is 5.32 Å². The molecule has 0 aliphatic carbocycles. The highest BCUT2D eigenvalue weighted by Crippen LogP contribution is 2.22. The van der Waals surface area contributed by atoms with Gasteiger partial charge in [0.1, 0.15) is 0 Å². The van der Waals surface area contributed by atoms with Gasteiger partial charge in [-0.3, -0.25) is 4.90 Å². The Morgan fingerprint density at radius 1 is 1.29 bits per heavy atom. The number of halogens is 3. The van der Waals surface area contributed by atoms with Crippen LogP contribution in [0.2, 0.25) is 5.02 Å². The van der Waals surface area contributed by atoms with Crippen molar-refractivity contribution in [2.24, 2.45) is 0 Å². The van der Waals surface area contributed by atoms with Gasteiger partial charge >= 0.3 is 0 Å². The van der Waals surface area contributed by atoms with Crippen LogP contribution in [0.25, 0.3) is 0 Å². The smallest absolute Gasteiger partial charge is 0.0417 e. The molecule has 5 heteroatoms. The third-order valence-electron chi connectivity index (χ3n) is 2.84. The Balaban J connectivity index is 0.00000144. The van der Waals surface area contributed by atoms with Crippen LogP contribution >= 0.6 is 39.9 Å². The van der Waals surface area contributed by atoms with E-state index in [-0.39, 0.29) is 12.4 Å². The highest BCUT2D eigenvalue weighted by molar-refractivity contribution is 9.10. The summed E-state index contributed by atoms with van der Waals surface area (Å²) in [5.41, 5.74) is 1.31. The molecule has 1 aliphatic heterocycles. The van der Waals surface area contributed by atoms with Gasteiger partial charge in [-0.05, 0) is 37.2 Å². The topological polar surface area (TPSA) is 15.3 Å². The molecule has 1 saturated heterocycles.